The van der Waals surface area contributed by atoms with Crippen LogP contribution in [0.2, 0.25) is 0 Å². The Morgan fingerprint density at radius 1 is 1.14 bits per heavy atom. The summed E-state index contributed by atoms with van der Waals surface area (Å²) in [5.74, 6) is -0.286. The Bertz CT molecular complexity index is 968. The molecule has 1 radical (unpaired) electrons. The topological polar surface area (TPSA) is 57.3 Å². The molecule has 28 heavy (non-hydrogen) atoms. The average Bonchev–Trinajstić information content (AvgIpc) is 3.04. The van der Waals surface area contributed by atoms with Crippen molar-refractivity contribution in [3.8, 4) is 11.5 Å². The summed E-state index contributed by atoms with van der Waals surface area (Å²) in [4.78, 5) is 6.73. The number of anilines is 2. The Morgan fingerprint density at radius 3 is 2.68 bits per heavy atom. The van der Waals surface area contributed by atoms with Crippen molar-refractivity contribution < 1.29 is 23.0 Å². The Labute approximate surface area is 163 Å². The fraction of sp³-hybridized carbons (Fsp3) is 0.316. The second kappa shape index (κ2) is 7.38. The highest BCUT2D eigenvalue weighted by atomic mass is 32.1. The van der Waals surface area contributed by atoms with Gasteiger partial charge in [-0.3, -0.25) is 5.11 Å². The molecule has 3 aromatic rings. The van der Waals surface area contributed by atoms with Crippen molar-refractivity contribution in [2.45, 2.75) is 25.2 Å². The first-order chi connectivity index (χ1) is 13.4. The van der Waals surface area contributed by atoms with Crippen molar-refractivity contribution in [2.24, 2.45) is 0 Å². The standard InChI is InChI=1S/C19H17F3N3O2S/c20-19(21,22)27-15-3-1-2-13(10-15)23-12-6-8-25(9-7-12)18-24-16-11-14(26)4-5-17(16)28-18/h1-5,10-12,23H,6-9H2. The smallest absolute Gasteiger partial charge is 0.406 e. The van der Waals surface area contributed by atoms with E-state index in [1.165, 1.54) is 24.3 Å². The van der Waals surface area contributed by atoms with E-state index in [1.807, 2.05) is 0 Å². The van der Waals surface area contributed by atoms with Crippen LogP contribution in [0, 0.1) is 0 Å². The third-order valence-corrected chi connectivity index (χ3v) is 5.65. The first-order valence-electron chi connectivity index (χ1n) is 8.81. The molecule has 1 aliphatic heterocycles. The molecule has 0 aliphatic carbocycles. The molecule has 0 atom stereocenters. The maximum atomic E-state index is 12.4. The Balaban J connectivity index is 1.37. The van der Waals surface area contributed by atoms with Gasteiger partial charge in [-0.2, -0.15) is 0 Å². The van der Waals surface area contributed by atoms with Gasteiger partial charge in [0.05, 0.1) is 10.2 Å². The second-order valence-electron chi connectivity index (χ2n) is 6.61. The molecule has 4 rings (SSSR count). The van der Waals surface area contributed by atoms with E-state index in [0.29, 0.717) is 11.2 Å². The lowest BCUT2D eigenvalue weighted by Gasteiger charge is -2.32. The number of aromatic nitrogens is 1. The lowest BCUT2D eigenvalue weighted by molar-refractivity contribution is -0.274. The summed E-state index contributed by atoms with van der Waals surface area (Å²) in [5.41, 5.74) is 1.32. The number of rotatable bonds is 4. The number of hydrogen-bond acceptors (Lipinski definition) is 5. The van der Waals surface area contributed by atoms with Crippen LogP contribution in [0.15, 0.2) is 42.5 Å². The highest BCUT2D eigenvalue weighted by Gasteiger charge is 2.31. The van der Waals surface area contributed by atoms with E-state index in [-0.39, 0.29) is 17.5 Å². The van der Waals surface area contributed by atoms with Crippen molar-refractivity contribution in [3.63, 3.8) is 0 Å². The van der Waals surface area contributed by atoms with Crippen LogP contribution in [0.25, 0.3) is 10.2 Å². The van der Waals surface area contributed by atoms with Crippen LogP contribution in [-0.4, -0.2) is 30.5 Å². The van der Waals surface area contributed by atoms with Crippen LogP contribution in [0.1, 0.15) is 12.8 Å². The molecule has 2 heterocycles. The number of fused-ring (bicyclic) bond motifs is 1. The molecule has 5 nitrogen and oxygen atoms in total. The van der Waals surface area contributed by atoms with Crippen LogP contribution in [0.4, 0.5) is 24.0 Å². The Kier molecular flexibility index (Phi) is 4.92. The Hall–Kier alpha value is -2.68. The van der Waals surface area contributed by atoms with Gasteiger partial charge in [-0.25, -0.2) is 4.98 Å². The number of alkyl halides is 3. The molecule has 147 valence electrons. The van der Waals surface area contributed by atoms with Crippen LogP contribution < -0.4 is 15.0 Å². The molecule has 1 saturated heterocycles. The third-order valence-electron chi connectivity index (χ3n) is 4.55. The van der Waals surface area contributed by atoms with Gasteiger partial charge in [0.25, 0.3) is 0 Å². The predicted molar refractivity (Wildman–Crippen MR) is 102 cm³/mol. The number of nitrogens with one attached hydrogen (secondary N) is 1. The van der Waals surface area contributed by atoms with Crippen LogP contribution in [-0.2, 0) is 5.11 Å². The summed E-state index contributed by atoms with van der Waals surface area (Å²) in [6, 6.07) is 10.9. The summed E-state index contributed by atoms with van der Waals surface area (Å²) in [5, 5.41) is 15.6. The molecule has 2 aromatic carbocycles. The molecule has 0 unspecified atom stereocenters. The van der Waals surface area contributed by atoms with E-state index in [0.717, 1.165) is 35.8 Å². The number of nitrogens with zero attached hydrogens (tertiary/aromatic N) is 2. The first-order valence-corrected chi connectivity index (χ1v) is 9.62. The van der Waals surface area contributed by atoms with E-state index in [2.05, 4.69) is 19.9 Å². The molecule has 0 spiro atoms. The monoisotopic (exact) mass is 408 g/mol. The molecular formula is C19H17F3N3O2S. The summed E-state index contributed by atoms with van der Waals surface area (Å²) in [6.45, 7) is 1.56. The minimum atomic E-state index is -4.70. The average molecular weight is 408 g/mol. The number of hydrogen-bond donors (Lipinski definition) is 1. The lowest BCUT2D eigenvalue weighted by Crippen LogP contribution is -2.39. The summed E-state index contributed by atoms with van der Waals surface area (Å²) < 4.78 is 42.0. The zero-order valence-corrected chi connectivity index (χ0v) is 15.5. The molecule has 9 heteroatoms. The SMILES string of the molecule is [O]c1ccc2sc(N3CCC(Nc4cccc(OC(F)(F)F)c4)CC3)nc2c1. The maximum Gasteiger partial charge on any atom is 0.573 e. The molecule has 0 saturated carbocycles. The van der Waals surface area contributed by atoms with Gasteiger partial charge in [0.2, 0.25) is 0 Å². The van der Waals surface area contributed by atoms with Crippen LogP contribution in [0.3, 0.4) is 0 Å². The van der Waals surface area contributed by atoms with Gasteiger partial charge in [-0.05, 0) is 37.1 Å². The lowest BCUT2D eigenvalue weighted by atomic mass is 10.1. The fourth-order valence-corrected chi connectivity index (χ4v) is 4.26. The van der Waals surface area contributed by atoms with E-state index < -0.39 is 6.36 Å². The summed E-state index contributed by atoms with van der Waals surface area (Å²) in [6.07, 6.45) is -3.05. The zero-order chi connectivity index (χ0) is 19.7. The number of benzene rings is 2. The molecule has 1 fully saturated rings. The number of ether oxygens (including phenoxy) is 1. The van der Waals surface area contributed by atoms with Crippen molar-refractivity contribution in [2.75, 3.05) is 23.3 Å². The van der Waals surface area contributed by atoms with E-state index in [1.54, 1.807) is 29.5 Å². The Morgan fingerprint density at radius 2 is 1.93 bits per heavy atom. The van der Waals surface area contributed by atoms with Crippen molar-refractivity contribution >= 4 is 32.4 Å². The molecule has 0 amide bonds. The highest BCUT2D eigenvalue weighted by Crippen LogP contribution is 2.33. The fourth-order valence-electron chi connectivity index (χ4n) is 3.26. The molecule has 1 aliphatic rings. The highest BCUT2D eigenvalue weighted by molar-refractivity contribution is 7.22. The minimum absolute atomic E-state index is 0.0519. The molecule has 1 aromatic heterocycles. The van der Waals surface area contributed by atoms with Crippen LogP contribution in [0.5, 0.6) is 11.5 Å². The molecule has 1 N–H and O–H groups in total. The number of thiazole rings is 1. The van der Waals surface area contributed by atoms with Gasteiger partial charge in [0.1, 0.15) is 5.75 Å². The van der Waals surface area contributed by atoms with E-state index >= 15 is 0 Å². The first kappa shape index (κ1) is 18.7. The van der Waals surface area contributed by atoms with E-state index in [9.17, 15) is 18.3 Å². The number of halogens is 3. The summed E-state index contributed by atoms with van der Waals surface area (Å²) in [7, 11) is 0. The van der Waals surface area contributed by atoms with Gasteiger partial charge in [-0.15, -0.1) is 13.2 Å². The second-order valence-corrected chi connectivity index (χ2v) is 7.62. The van der Waals surface area contributed by atoms with Gasteiger partial charge in [-0.1, -0.05) is 17.4 Å². The third kappa shape index (κ3) is 4.41. The zero-order valence-electron chi connectivity index (χ0n) is 14.7. The van der Waals surface area contributed by atoms with Crippen molar-refractivity contribution in [3.05, 3.63) is 42.5 Å². The van der Waals surface area contributed by atoms with Gasteiger partial charge < -0.3 is 15.0 Å². The quantitative estimate of drug-likeness (QED) is 0.626. The summed E-state index contributed by atoms with van der Waals surface area (Å²) >= 11 is 1.56. The van der Waals surface area contributed by atoms with Gasteiger partial charge in [0, 0.05) is 37.0 Å². The predicted octanol–water partition coefficient (Wildman–Crippen LogP) is 5.42. The van der Waals surface area contributed by atoms with Crippen LogP contribution >= 0.6 is 11.3 Å². The molecular weight excluding hydrogens is 391 g/mol. The largest absolute Gasteiger partial charge is 0.573 e. The molecule has 0 bridgehead atoms. The normalized spacial score (nSPS) is 15.8. The number of piperidine rings is 1. The van der Waals surface area contributed by atoms with Crippen molar-refractivity contribution in [1.82, 2.24) is 4.98 Å². The van der Waals surface area contributed by atoms with Gasteiger partial charge >= 0.3 is 6.36 Å². The van der Waals surface area contributed by atoms with Crippen molar-refractivity contribution in [1.29, 1.82) is 0 Å². The van der Waals surface area contributed by atoms with Gasteiger partial charge in [0.15, 0.2) is 10.9 Å². The van der Waals surface area contributed by atoms with E-state index in [4.69, 9.17) is 0 Å². The minimum Gasteiger partial charge on any atom is -0.406 e. The maximum absolute atomic E-state index is 12.4.